The second-order valence-electron chi connectivity index (χ2n) is 19.6. The van der Waals surface area contributed by atoms with Gasteiger partial charge in [-0.05, 0) is 43.1 Å². The molecule has 8 atom stereocenters. The number of likely N-dealkylation sites (N-methyl/N-ethyl adjacent to an activating group) is 1. The van der Waals surface area contributed by atoms with Crippen molar-refractivity contribution in [3.8, 4) is 0 Å². The lowest BCUT2D eigenvalue weighted by molar-refractivity contribution is -0.197. The van der Waals surface area contributed by atoms with Gasteiger partial charge in [0.25, 0.3) is 17.7 Å². The van der Waals surface area contributed by atoms with Crippen LogP contribution in [-0.4, -0.2) is 191 Å². The highest BCUT2D eigenvalue weighted by Crippen LogP contribution is 2.30. The topological polar surface area (TPSA) is 263 Å². The van der Waals surface area contributed by atoms with E-state index in [0.717, 1.165) is 0 Å². The van der Waals surface area contributed by atoms with Crippen LogP contribution in [-0.2, 0) is 69.1 Å². The lowest BCUT2D eigenvalue weighted by Gasteiger charge is -2.40. The number of imide groups is 1. The molecule has 2 heterocycles. The zero-order valence-electron chi connectivity index (χ0n) is 44.9. The van der Waals surface area contributed by atoms with Crippen molar-refractivity contribution in [3.05, 3.63) is 35.9 Å². The van der Waals surface area contributed by atoms with Gasteiger partial charge in [-0.15, -0.1) is 5.06 Å². The lowest BCUT2D eigenvalue weighted by Crippen LogP contribution is -2.56. The van der Waals surface area contributed by atoms with Crippen LogP contribution in [0, 0.1) is 17.8 Å². The third-order valence-corrected chi connectivity index (χ3v) is 14.6. The van der Waals surface area contributed by atoms with Crippen LogP contribution in [0.4, 0.5) is 0 Å². The van der Waals surface area contributed by atoms with E-state index in [2.05, 4.69) is 15.4 Å². The number of methoxy groups -OCH3 is 2. The first-order chi connectivity index (χ1) is 34.4. The fourth-order valence-corrected chi connectivity index (χ4v) is 10.2. The monoisotopic (exact) mass is 1050 g/mol. The van der Waals surface area contributed by atoms with Crippen molar-refractivity contribution in [2.45, 2.75) is 142 Å². The summed E-state index contributed by atoms with van der Waals surface area (Å²) in [6, 6.07) is 5.68. The average Bonchev–Trinajstić information content (AvgIpc) is 3.95. The third kappa shape index (κ3) is 18.3. The second-order valence-corrected chi connectivity index (χ2v) is 21.5. The Morgan fingerprint density at radius 3 is 2.05 bits per heavy atom. The minimum Gasteiger partial charge on any atom is -0.379 e. The summed E-state index contributed by atoms with van der Waals surface area (Å²) in [5.41, 5.74) is 0.646. The van der Waals surface area contributed by atoms with Crippen LogP contribution >= 0.6 is 0 Å². The number of ether oxygens (including phenoxy) is 2. The largest absolute Gasteiger partial charge is 0.379 e. The van der Waals surface area contributed by atoms with Gasteiger partial charge in [0.2, 0.25) is 33.7 Å². The summed E-state index contributed by atoms with van der Waals surface area (Å²) >= 11 is 0. The summed E-state index contributed by atoms with van der Waals surface area (Å²) in [6.07, 6.45) is -0.234. The van der Waals surface area contributed by atoms with Gasteiger partial charge in [0.1, 0.15) is 12.1 Å². The van der Waals surface area contributed by atoms with Crippen molar-refractivity contribution in [1.82, 2.24) is 40.0 Å². The lowest BCUT2D eigenvalue weighted by atomic mass is 9.89. The molecular weight excluding hydrogens is 967 g/mol. The average molecular weight is 1050 g/mol. The van der Waals surface area contributed by atoms with Crippen LogP contribution in [0.2, 0.25) is 0 Å². The third-order valence-electron chi connectivity index (χ3n) is 13.3. The van der Waals surface area contributed by atoms with Crippen LogP contribution in [0.3, 0.4) is 0 Å². The van der Waals surface area contributed by atoms with Crippen molar-refractivity contribution in [2.75, 3.05) is 68.3 Å². The zero-order valence-corrected chi connectivity index (χ0v) is 45.7. The molecule has 0 radical (unpaired) electrons. The molecule has 7 amide bonds. The van der Waals surface area contributed by atoms with Crippen LogP contribution in [0.15, 0.2) is 35.3 Å². The number of rotatable bonds is 28. The molecule has 0 aromatic heterocycles. The number of sulfonamides is 1. The fourth-order valence-electron chi connectivity index (χ4n) is 9.17. The molecule has 410 valence electrons. The van der Waals surface area contributed by atoms with E-state index in [1.54, 1.807) is 54.1 Å². The molecular formula is C50H81N9O13S. The number of nitrogens with zero attached hydrogens (tertiary/aromatic N) is 6. The molecule has 2 aliphatic heterocycles. The summed E-state index contributed by atoms with van der Waals surface area (Å²) < 4.78 is 40.4. The quantitative estimate of drug-likeness (QED) is 0.0468. The van der Waals surface area contributed by atoms with Crippen molar-refractivity contribution in [1.29, 1.82) is 0 Å². The number of amides is 7. The van der Waals surface area contributed by atoms with Crippen LogP contribution in [0.5, 0.6) is 0 Å². The molecule has 0 bridgehead atoms. The standard InChI is InChI=1S/C50H81N9O13S/c1-13-33(4)45(57(10)49(67)44(32(2)3)53-50(55(6)7)56(8)9)38(70-11)31-42(63)58-28-18-22-37(58)46(71-12)34(5)47(65)52-36(30-35-20-15-14-16-21-35)48(66)54-73(68,69)29-19-27-51-39(60)23-17-24-43(64)72-59-40(61)25-26-41(59)62/h14-16,20-21,32-34,36-38,44-46H,13,17-19,22-31H2,1-12H3,(H,51,60)(H,52,65)(H,54,66)/t33-,34+,36-,37-,38+,44-,45-,46+/m0/s1. The maximum absolute atomic E-state index is 14.4. The summed E-state index contributed by atoms with van der Waals surface area (Å²) in [4.78, 5) is 121. The van der Waals surface area contributed by atoms with Crippen molar-refractivity contribution in [2.24, 2.45) is 22.7 Å². The number of aliphatic imine (C=N–C) groups is 1. The molecule has 1 aromatic carbocycles. The van der Waals surface area contributed by atoms with E-state index in [0.29, 0.717) is 42.4 Å². The molecule has 2 saturated heterocycles. The van der Waals surface area contributed by atoms with Gasteiger partial charge < -0.3 is 44.5 Å². The number of hydrogen-bond donors (Lipinski definition) is 3. The molecule has 0 saturated carbocycles. The van der Waals surface area contributed by atoms with Gasteiger partial charge >= 0.3 is 5.97 Å². The Morgan fingerprint density at radius 1 is 0.863 bits per heavy atom. The summed E-state index contributed by atoms with van der Waals surface area (Å²) in [5.74, 6) is -5.59. The van der Waals surface area contributed by atoms with Crippen molar-refractivity contribution < 1.29 is 61.1 Å². The number of carbonyl (C=O) groups is 8. The second kappa shape index (κ2) is 29.3. The van der Waals surface area contributed by atoms with E-state index in [1.165, 1.54) is 14.2 Å². The van der Waals surface area contributed by atoms with Gasteiger partial charge in [-0.25, -0.2) is 18.2 Å². The number of guanidine groups is 1. The van der Waals surface area contributed by atoms with Gasteiger partial charge in [-0.2, -0.15) is 0 Å². The first-order valence-electron chi connectivity index (χ1n) is 25.1. The van der Waals surface area contributed by atoms with Crippen molar-refractivity contribution in [3.63, 3.8) is 0 Å². The first-order valence-corrected chi connectivity index (χ1v) is 26.8. The Hall–Kier alpha value is -5.68. The SMILES string of the molecule is CC[C@H](C)[C@@H]([C@@H](CC(=O)N1CCC[C@H]1[C@H](OC)[C@@H](C)C(=O)N[C@@H](Cc1ccccc1)C(=O)NS(=O)(=O)CCCNC(=O)CCCC(=O)ON1C(=O)CCC1=O)OC)N(C)C(=O)[C@@H](N=C(N(C)C)N(C)C)C(C)C. The first kappa shape index (κ1) is 61.6. The van der Waals surface area contributed by atoms with Gasteiger partial charge in [-0.1, -0.05) is 71.4 Å². The van der Waals surface area contributed by atoms with Crippen LogP contribution < -0.4 is 15.4 Å². The maximum Gasteiger partial charge on any atom is 0.333 e. The highest BCUT2D eigenvalue weighted by molar-refractivity contribution is 7.90. The zero-order chi connectivity index (χ0) is 54.7. The van der Waals surface area contributed by atoms with E-state index in [1.807, 2.05) is 65.7 Å². The Morgan fingerprint density at radius 2 is 1.49 bits per heavy atom. The maximum atomic E-state index is 14.4. The number of carbonyl (C=O) groups excluding carboxylic acids is 8. The summed E-state index contributed by atoms with van der Waals surface area (Å²) in [7, 11) is 7.92. The van der Waals surface area contributed by atoms with Crippen LogP contribution in [0.1, 0.15) is 104 Å². The number of nitrogens with one attached hydrogen (secondary N) is 3. The van der Waals surface area contributed by atoms with E-state index in [4.69, 9.17) is 19.3 Å². The number of likely N-dealkylation sites (tertiary alicyclic amines) is 1. The van der Waals surface area contributed by atoms with E-state index < -0.39 is 93.6 Å². The van der Waals surface area contributed by atoms with Gasteiger partial charge in [-0.3, -0.25) is 38.3 Å². The van der Waals surface area contributed by atoms with Crippen molar-refractivity contribution >= 4 is 63.3 Å². The Balaban J connectivity index is 1.68. The minimum atomic E-state index is -4.26. The highest BCUT2D eigenvalue weighted by Gasteiger charge is 2.43. The molecule has 2 fully saturated rings. The molecule has 23 heteroatoms. The van der Waals surface area contributed by atoms with E-state index in [9.17, 15) is 46.8 Å². The summed E-state index contributed by atoms with van der Waals surface area (Å²) in [6.45, 7) is 9.89. The molecule has 0 aliphatic carbocycles. The Kier molecular flexibility index (Phi) is 24.7. The minimum absolute atomic E-state index is 0.0466. The smallest absolute Gasteiger partial charge is 0.333 e. The molecule has 0 unspecified atom stereocenters. The molecule has 0 spiro atoms. The van der Waals surface area contributed by atoms with Gasteiger partial charge in [0.15, 0.2) is 5.96 Å². The number of benzene rings is 1. The predicted molar refractivity (Wildman–Crippen MR) is 272 cm³/mol. The van der Waals surface area contributed by atoms with E-state index >= 15 is 0 Å². The molecule has 1 aromatic rings. The molecule has 3 rings (SSSR count). The van der Waals surface area contributed by atoms with Gasteiger partial charge in [0.05, 0.1) is 42.4 Å². The fraction of sp³-hybridized carbons (Fsp3) is 0.700. The number of hydrogen-bond acceptors (Lipinski definition) is 14. The Bertz CT molecular complexity index is 2170. The molecule has 3 N–H and O–H groups in total. The van der Waals surface area contributed by atoms with Gasteiger partial charge in [0, 0.05) is 94.7 Å². The number of hydroxylamine groups is 2. The molecule has 73 heavy (non-hydrogen) atoms. The normalized spacial score (nSPS) is 17.7. The predicted octanol–water partition coefficient (Wildman–Crippen LogP) is 1.87. The molecule has 22 nitrogen and oxygen atoms in total. The summed E-state index contributed by atoms with van der Waals surface area (Å²) in [5, 5.41) is 5.73. The van der Waals surface area contributed by atoms with Crippen LogP contribution in [0.25, 0.3) is 0 Å². The Labute approximate surface area is 431 Å². The molecule has 2 aliphatic rings. The van der Waals surface area contributed by atoms with E-state index in [-0.39, 0.29) is 81.6 Å². The highest BCUT2D eigenvalue weighted by atomic mass is 32.2.